The number of hydrogen-bond acceptors (Lipinski definition) is 16. The van der Waals surface area contributed by atoms with Gasteiger partial charge in [-0.3, -0.25) is 9.18 Å². The molecule has 31 heteroatoms. The molecule has 2 saturated carbocycles. The summed E-state index contributed by atoms with van der Waals surface area (Å²) in [6.07, 6.45) is 24.6. The van der Waals surface area contributed by atoms with E-state index in [1.165, 1.54) is 109 Å². The molecule has 5 aromatic carbocycles. The number of H-pyrrole nitrogens is 4. The van der Waals surface area contributed by atoms with Crippen molar-refractivity contribution < 1.29 is 89.9 Å². The fourth-order valence-corrected chi connectivity index (χ4v) is 14.8. The van der Waals surface area contributed by atoms with E-state index in [1.54, 1.807) is 49.0 Å². The minimum Gasteiger partial charge on any atom is -0.444 e. The Morgan fingerprint density at radius 2 is 0.911 bits per heavy atom. The van der Waals surface area contributed by atoms with Crippen LogP contribution in [0, 0.1) is 7.43 Å². The van der Waals surface area contributed by atoms with Crippen molar-refractivity contribution in [1.29, 1.82) is 0 Å². The number of para-hydroxylation sites is 5. The second-order valence-electron chi connectivity index (χ2n) is 33.0. The molecule has 16 rings (SSSR count). The maximum Gasteiger partial charge on any atom is 0.490 e. The minimum absolute atomic E-state index is 0. The number of benzene rings is 5. The molecule has 4 fully saturated rings. The van der Waals surface area contributed by atoms with E-state index >= 15 is 0 Å². The van der Waals surface area contributed by atoms with Crippen molar-refractivity contribution >= 4 is 127 Å². The molecule has 4 aromatic heterocycles. The summed E-state index contributed by atoms with van der Waals surface area (Å²) in [5.41, 5.74) is 16.5. The van der Waals surface area contributed by atoms with Crippen LogP contribution < -0.4 is 5.32 Å². The van der Waals surface area contributed by atoms with Crippen molar-refractivity contribution in [2.75, 3.05) is 58.8 Å². The van der Waals surface area contributed by atoms with E-state index in [9.17, 15) is 31.9 Å². The number of hydrogen-bond donors (Lipinski definition) is 6. The first-order chi connectivity index (χ1) is 58.4. The minimum atomic E-state index is -4.64. The number of likely N-dealkylation sites (tertiary alicyclic amines) is 1. The number of amides is 3. The summed E-state index contributed by atoms with van der Waals surface area (Å²) in [4.78, 5) is 84.6. The predicted molar refractivity (Wildman–Crippen MR) is 498 cm³/mol. The summed E-state index contributed by atoms with van der Waals surface area (Å²) in [7, 11) is -0.314. The number of nitrogens with one attached hydrogen (secondary N) is 5. The second-order valence-corrected chi connectivity index (χ2v) is 33.9. The molecule has 6 N–H and O–H groups in total. The molecule has 7 aliphatic rings. The summed E-state index contributed by atoms with van der Waals surface area (Å²) in [5, 5.41) is 9.89. The average molecular weight is 1910 g/mol. The third kappa shape index (κ3) is 33.6. The third-order valence-corrected chi connectivity index (χ3v) is 21.3. The maximum atomic E-state index is 12.1. The number of rotatable bonds is 5. The predicted octanol–water partition coefficient (Wildman–Crippen LogP) is 24.6. The molecule has 0 atom stereocenters. The Balaban J connectivity index is 0.000000500. The van der Waals surface area contributed by atoms with Crippen LogP contribution in [-0.4, -0.2) is 185 Å². The van der Waals surface area contributed by atoms with Crippen molar-refractivity contribution in [1.82, 2.24) is 54.6 Å². The number of anilines is 1. The van der Waals surface area contributed by atoms with Crippen molar-refractivity contribution in [3.05, 3.63) is 168 Å². The van der Waals surface area contributed by atoms with Crippen LogP contribution in [0.15, 0.2) is 143 Å². The molecule has 0 spiro atoms. The number of alkyl halides is 4. The Hall–Kier alpha value is -8.58. The van der Waals surface area contributed by atoms with Gasteiger partial charge in [-0.15, -0.1) is 12.4 Å². The van der Waals surface area contributed by atoms with Crippen LogP contribution in [0.4, 0.5) is 43.3 Å². The SMILES string of the molecule is Brc1cccc2c1N=[C+]N2.C.CC(C)(C)OC(=O)N1CC=C(B2OC(C)(C)C(C)(C)O2)CC1.CC(C)(C)OC(=O)N1CC=C(c2cccc3[nH]cnc23)CC1.CC(C)(C)OC(=O)N1CCC(c2cccc3[nH]cnc23)CC1.CO.Cl.O=CC(F)(F)F.[2H]CC.[2H]CC.[2H]CF.[CH3-].[Pd].c1cc(C2CCCCC2)c2nc[nH]c2c1.c1cc(C2CCCCC2)c2nc[nH]c2c1. The fourth-order valence-electron chi connectivity index (χ4n) is 14.4. The first kappa shape index (κ1) is 106. The van der Waals surface area contributed by atoms with Crippen molar-refractivity contribution in [2.24, 2.45) is 4.99 Å². The Morgan fingerprint density at radius 3 is 1.27 bits per heavy atom. The number of carbonyl (C=O) groups is 4. The number of aliphatic imine (C=N–C) groups is 1. The van der Waals surface area contributed by atoms with E-state index in [0.29, 0.717) is 45.9 Å². The van der Waals surface area contributed by atoms with Crippen LogP contribution in [0.25, 0.3) is 49.7 Å². The summed E-state index contributed by atoms with van der Waals surface area (Å²) in [6.45, 7) is 33.6. The van der Waals surface area contributed by atoms with Gasteiger partial charge in [0, 0.05) is 81.2 Å². The molecule has 0 unspecified atom stereocenters. The van der Waals surface area contributed by atoms with Gasteiger partial charge in [0.1, 0.15) is 21.3 Å². The number of aldehydes is 1. The Labute approximate surface area is 766 Å². The number of aromatic amines is 4. The number of piperidine rings is 1. The Bertz CT molecular complexity index is 4710. The zero-order valence-electron chi connectivity index (χ0n) is 77.6. The van der Waals surface area contributed by atoms with Gasteiger partial charge in [0.2, 0.25) is 12.0 Å². The normalized spacial score (nSPS) is 16.6. The van der Waals surface area contributed by atoms with E-state index in [0.717, 1.165) is 107 Å². The van der Waals surface area contributed by atoms with E-state index < -0.39 is 36.4 Å². The summed E-state index contributed by atoms with van der Waals surface area (Å²) in [6, 6.07) is 31.3. The van der Waals surface area contributed by atoms with Gasteiger partial charge in [-0.1, -0.05) is 134 Å². The summed E-state index contributed by atoms with van der Waals surface area (Å²) in [5.74, 6) is 1.93. The van der Waals surface area contributed by atoms with Crippen LogP contribution in [0.1, 0.15) is 259 Å². The molecule has 688 valence electrons. The molecule has 9 heterocycles. The van der Waals surface area contributed by atoms with E-state index in [-0.39, 0.29) is 84.3 Å². The molecular formula is C93H136BBrClF4N13O10Pd. The number of aliphatic hydroxyl groups is 1. The van der Waals surface area contributed by atoms with Gasteiger partial charge in [0.25, 0.3) is 12.0 Å². The van der Waals surface area contributed by atoms with Gasteiger partial charge in [-0.2, -0.15) is 18.5 Å². The molecule has 0 bridgehead atoms. The summed E-state index contributed by atoms with van der Waals surface area (Å²) >= 11 is 3.37. The quantitative estimate of drug-likeness (QED) is 0.0307. The largest absolute Gasteiger partial charge is 0.490 e. The third-order valence-electron chi connectivity index (χ3n) is 20.7. The topological polar surface area (TPSA) is 283 Å². The molecule has 124 heavy (non-hydrogen) atoms. The zero-order valence-corrected chi connectivity index (χ0v) is 78.5. The number of fused-ring (bicyclic) bond motifs is 5. The first-order valence-electron chi connectivity index (χ1n) is 43.3. The van der Waals surface area contributed by atoms with Crippen molar-refractivity contribution in [2.45, 2.75) is 267 Å². The maximum absolute atomic E-state index is 12.1. The van der Waals surface area contributed by atoms with Crippen LogP contribution in [-0.2, 0) is 48.7 Å². The van der Waals surface area contributed by atoms with Gasteiger partial charge < -0.3 is 70.7 Å². The first-order valence-corrected chi connectivity index (χ1v) is 41.9. The molecule has 0 radical (unpaired) electrons. The van der Waals surface area contributed by atoms with E-state index in [2.05, 4.69) is 133 Å². The molecule has 2 aliphatic carbocycles. The van der Waals surface area contributed by atoms with Crippen molar-refractivity contribution in [3.8, 4) is 0 Å². The molecule has 9 aromatic rings. The zero-order chi connectivity index (χ0) is 90.7. The molecule has 23 nitrogen and oxygen atoms in total. The second kappa shape index (κ2) is 53.1. The van der Waals surface area contributed by atoms with Crippen LogP contribution in [0.5, 0.6) is 0 Å². The van der Waals surface area contributed by atoms with Crippen LogP contribution >= 0.6 is 28.3 Å². The Morgan fingerprint density at radius 1 is 0.565 bits per heavy atom. The number of aliphatic hydroxyl groups excluding tert-OH is 1. The average Bonchev–Trinajstić information content (AvgIpc) is 1.62. The molecular weight excluding hydrogens is 1770 g/mol. The number of imidazole rings is 4. The molecule has 5 aliphatic heterocycles. The number of aromatic nitrogens is 8. The number of carbonyl (C=O) groups excluding carboxylic acids is 4. The smallest absolute Gasteiger partial charge is 0.444 e. The van der Waals surface area contributed by atoms with Gasteiger partial charge in [-0.05, 0) is 244 Å². The standard InChI is InChI=1S/C17H23N3O2.C17H21N3O2.C16H28BNO4.2C13H16N2.C7H4BrN2.C2HF3O.2C2H6.CH3F.CH4O.CH4.CH3.ClH.Pd/c2*1-17(2,3)22-16(21)20-9-7-12(8-10-20)13-5-4-6-14-15(13)19-11-18-14;1-14(2,3)20-13(19)18-10-8-12(9-11-18)17-21-15(4,5)16(6,7)22-17;2*1-2-5-10(6-3-1)11-7-4-8-12-13(11)15-9-14-12;8-5-2-1-3-6-7(5)10-4-9-6;3-2(4,5)1-6;4*1-2;;;;/h4-6,11-12H,7-10H2,1-3H3,(H,18,19);4-7,11H,8-10H2,1-3H3,(H,18,19);8H,9-11H2,1-7H3;2*4,7-10H,1-3,5-6H2,(H,14,15);1-3H,(H,9,10);1H;2*1-2H3;1H3;2H,1H3;1H4;1H3;1H;/q;;;;;+1;;;;;;;-1;;/i;;;;;;;3*1D;;;;;. The van der Waals surface area contributed by atoms with Gasteiger partial charge in [-0.25, -0.2) is 34.3 Å². The van der Waals surface area contributed by atoms with E-state index in [4.69, 9.17) is 37.5 Å². The van der Waals surface area contributed by atoms with Gasteiger partial charge >= 0.3 is 31.6 Å². The summed E-state index contributed by atoms with van der Waals surface area (Å²) < 4.78 is 88.5. The molecule has 2 saturated heterocycles. The fraction of sp³-hybridized carbons (Fsp3) is 0.527. The molecule has 3 amide bonds. The van der Waals surface area contributed by atoms with Crippen LogP contribution in [0.3, 0.4) is 0 Å². The Kier molecular flexibility index (Phi) is 45.4. The number of nitrogens with zero attached hydrogens (tertiary/aromatic N) is 8. The van der Waals surface area contributed by atoms with Gasteiger partial charge in [0.15, 0.2) is 0 Å². The number of ether oxygens (including phenoxy) is 3. The van der Waals surface area contributed by atoms with Crippen LogP contribution in [0.2, 0.25) is 0 Å². The van der Waals surface area contributed by atoms with Gasteiger partial charge in [0.05, 0.1) is 89.2 Å². The van der Waals surface area contributed by atoms with Crippen molar-refractivity contribution in [3.63, 3.8) is 0 Å². The number of halogens is 6. The monoisotopic (exact) mass is 1900 g/mol. The van der Waals surface area contributed by atoms with E-state index in [1.807, 2.05) is 137 Å².